The Balaban J connectivity index is 2.06. The predicted octanol–water partition coefficient (Wildman–Crippen LogP) is 4.50. The Morgan fingerprint density at radius 3 is 2.18 bits per heavy atom. The van der Waals surface area contributed by atoms with Gasteiger partial charge in [-0.05, 0) is 49.6 Å². The number of nitrogens with one attached hydrogen (secondary N) is 1. The molecule has 2 amide bonds. The van der Waals surface area contributed by atoms with Crippen LogP contribution in [0.1, 0.15) is 29.2 Å². The summed E-state index contributed by atoms with van der Waals surface area (Å²) in [6.07, 6.45) is 1.33. The zero-order valence-corrected chi connectivity index (χ0v) is 23.7. The van der Waals surface area contributed by atoms with Crippen molar-refractivity contribution in [1.82, 2.24) is 10.2 Å². The monoisotopic (exact) mass is 555 g/mol. The fraction of sp³-hybridized carbons (Fsp3) is 0.310. The SMILES string of the molecule is CCNC(=O)C(Cc1ccccc1)N(Cc1ccc(C)cc1)C(=O)CN(c1cccc(Cl)c1C)S(C)(=O)=O. The molecule has 0 aliphatic heterocycles. The molecule has 0 heterocycles. The Hall–Kier alpha value is -3.36. The van der Waals surface area contributed by atoms with Crippen LogP contribution in [0.4, 0.5) is 5.69 Å². The molecule has 0 saturated carbocycles. The van der Waals surface area contributed by atoms with Crippen molar-refractivity contribution in [2.45, 2.75) is 39.8 Å². The fourth-order valence-electron chi connectivity index (χ4n) is 4.20. The van der Waals surface area contributed by atoms with E-state index >= 15 is 0 Å². The average Bonchev–Trinajstić information content (AvgIpc) is 2.87. The van der Waals surface area contributed by atoms with Gasteiger partial charge in [-0.2, -0.15) is 0 Å². The van der Waals surface area contributed by atoms with Gasteiger partial charge in [-0.1, -0.05) is 77.8 Å². The van der Waals surface area contributed by atoms with Gasteiger partial charge in [0.2, 0.25) is 21.8 Å². The van der Waals surface area contributed by atoms with E-state index < -0.39 is 28.5 Å². The van der Waals surface area contributed by atoms with Crippen molar-refractivity contribution < 1.29 is 18.0 Å². The van der Waals surface area contributed by atoms with E-state index in [0.29, 0.717) is 22.8 Å². The van der Waals surface area contributed by atoms with Crippen molar-refractivity contribution in [2.24, 2.45) is 0 Å². The van der Waals surface area contributed by atoms with Crippen LogP contribution in [0.15, 0.2) is 72.8 Å². The molecule has 0 saturated heterocycles. The Morgan fingerprint density at radius 1 is 0.921 bits per heavy atom. The molecule has 0 aliphatic carbocycles. The van der Waals surface area contributed by atoms with E-state index in [0.717, 1.165) is 27.3 Å². The molecule has 38 heavy (non-hydrogen) atoms. The van der Waals surface area contributed by atoms with Gasteiger partial charge in [-0.25, -0.2) is 8.42 Å². The Labute approximate surface area is 230 Å². The lowest BCUT2D eigenvalue weighted by atomic mass is 10.0. The maximum absolute atomic E-state index is 14.0. The first-order valence-electron chi connectivity index (χ1n) is 12.4. The van der Waals surface area contributed by atoms with E-state index in [-0.39, 0.29) is 18.9 Å². The normalized spacial score (nSPS) is 12.0. The van der Waals surface area contributed by atoms with Gasteiger partial charge in [0.1, 0.15) is 12.6 Å². The Morgan fingerprint density at radius 2 is 1.58 bits per heavy atom. The maximum atomic E-state index is 14.0. The summed E-state index contributed by atoms with van der Waals surface area (Å²) in [5, 5.41) is 3.24. The maximum Gasteiger partial charge on any atom is 0.244 e. The predicted molar refractivity (Wildman–Crippen MR) is 153 cm³/mol. The number of anilines is 1. The van der Waals surface area contributed by atoms with Gasteiger partial charge in [0.25, 0.3) is 0 Å². The first-order valence-corrected chi connectivity index (χ1v) is 14.6. The zero-order chi connectivity index (χ0) is 27.9. The van der Waals surface area contributed by atoms with E-state index in [1.54, 1.807) is 25.1 Å². The molecule has 0 aliphatic rings. The lowest BCUT2D eigenvalue weighted by molar-refractivity contribution is -0.140. The molecule has 202 valence electrons. The smallest absolute Gasteiger partial charge is 0.244 e. The van der Waals surface area contributed by atoms with Crippen LogP contribution in [0.5, 0.6) is 0 Å². The molecule has 1 N–H and O–H groups in total. The Kier molecular flexibility index (Phi) is 9.94. The number of halogens is 1. The second-order valence-corrected chi connectivity index (χ2v) is 11.6. The number of carbonyl (C=O) groups excluding carboxylic acids is 2. The minimum atomic E-state index is -3.85. The summed E-state index contributed by atoms with van der Waals surface area (Å²) in [6, 6.07) is 21.2. The van der Waals surface area contributed by atoms with Gasteiger partial charge in [-0.3, -0.25) is 13.9 Å². The van der Waals surface area contributed by atoms with Crippen LogP contribution in [-0.2, 0) is 32.6 Å². The molecule has 0 fully saturated rings. The standard InChI is InChI=1S/C29H34ClN3O4S/c1-5-31-29(35)27(18-23-10-7-6-8-11-23)32(19-24-16-14-21(2)15-17-24)28(34)20-33(38(4,36)37)26-13-9-12-25(30)22(26)3/h6-17,27H,5,18-20H2,1-4H3,(H,31,35). The average molecular weight is 556 g/mol. The van der Waals surface area contributed by atoms with Crippen molar-refractivity contribution in [3.63, 3.8) is 0 Å². The van der Waals surface area contributed by atoms with Crippen molar-refractivity contribution in [3.8, 4) is 0 Å². The molecule has 1 atom stereocenters. The third kappa shape index (κ3) is 7.58. The summed E-state index contributed by atoms with van der Waals surface area (Å²) < 4.78 is 26.8. The molecular weight excluding hydrogens is 522 g/mol. The van der Waals surface area contributed by atoms with Crippen LogP contribution in [0.25, 0.3) is 0 Å². The number of likely N-dealkylation sites (N-methyl/N-ethyl adjacent to an activating group) is 1. The second-order valence-electron chi connectivity index (χ2n) is 9.26. The molecule has 0 radical (unpaired) electrons. The highest BCUT2D eigenvalue weighted by molar-refractivity contribution is 7.92. The molecule has 1 unspecified atom stereocenters. The summed E-state index contributed by atoms with van der Waals surface area (Å²) >= 11 is 6.27. The minimum absolute atomic E-state index is 0.139. The fourth-order valence-corrected chi connectivity index (χ4v) is 5.27. The molecule has 0 aromatic heterocycles. The minimum Gasteiger partial charge on any atom is -0.355 e. The van der Waals surface area contributed by atoms with E-state index in [2.05, 4.69) is 5.32 Å². The van der Waals surface area contributed by atoms with Crippen LogP contribution in [0.2, 0.25) is 5.02 Å². The molecule has 9 heteroatoms. The number of amides is 2. The zero-order valence-electron chi connectivity index (χ0n) is 22.1. The van der Waals surface area contributed by atoms with Crippen molar-refractivity contribution in [1.29, 1.82) is 0 Å². The first-order chi connectivity index (χ1) is 18.0. The highest BCUT2D eigenvalue weighted by Gasteiger charge is 2.33. The number of aryl methyl sites for hydroxylation is 1. The van der Waals surface area contributed by atoms with Gasteiger partial charge in [0.15, 0.2) is 0 Å². The second kappa shape index (κ2) is 12.9. The molecular formula is C29H34ClN3O4S. The highest BCUT2D eigenvalue weighted by atomic mass is 35.5. The van der Waals surface area contributed by atoms with Gasteiger partial charge in [0.05, 0.1) is 11.9 Å². The lowest BCUT2D eigenvalue weighted by Crippen LogP contribution is -2.53. The van der Waals surface area contributed by atoms with Crippen LogP contribution in [0, 0.1) is 13.8 Å². The van der Waals surface area contributed by atoms with Gasteiger partial charge in [-0.15, -0.1) is 0 Å². The summed E-state index contributed by atoms with van der Waals surface area (Å²) in [5.74, 6) is -0.802. The van der Waals surface area contributed by atoms with Crippen LogP contribution < -0.4 is 9.62 Å². The van der Waals surface area contributed by atoms with Crippen LogP contribution in [0.3, 0.4) is 0 Å². The third-order valence-corrected chi connectivity index (χ3v) is 7.82. The van der Waals surface area contributed by atoms with Gasteiger partial charge >= 0.3 is 0 Å². The summed E-state index contributed by atoms with van der Waals surface area (Å²) in [4.78, 5) is 28.8. The van der Waals surface area contributed by atoms with Crippen LogP contribution in [-0.4, -0.2) is 50.5 Å². The summed E-state index contributed by atoms with van der Waals surface area (Å²) in [7, 11) is -3.85. The molecule has 3 aromatic rings. The molecule has 0 bridgehead atoms. The molecule has 3 aromatic carbocycles. The number of benzene rings is 3. The summed E-state index contributed by atoms with van der Waals surface area (Å²) in [6.45, 7) is 5.55. The number of hydrogen-bond acceptors (Lipinski definition) is 4. The van der Waals surface area contributed by atoms with Gasteiger partial charge in [0, 0.05) is 24.5 Å². The number of rotatable bonds is 11. The lowest BCUT2D eigenvalue weighted by Gasteiger charge is -2.33. The number of sulfonamides is 1. The first kappa shape index (κ1) is 29.2. The highest BCUT2D eigenvalue weighted by Crippen LogP contribution is 2.28. The quantitative estimate of drug-likeness (QED) is 0.377. The van der Waals surface area contributed by atoms with E-state index in [4.69, 9.17) is 11.6 Å². The molecule has 0 spiro atoms. The van der Waals surface area contributed by atoms with E-state index in [1.807, 2.05) is 68.4 Å². The van der Waals surface area contributed by atoms with E-state index in [1.165, 1.54) is 4.90 Å². The van der Waals surface area contributed by atoms with Crippen molar-refractivity contribution >= 4 is 39.1 Å². The topological polar surface area (TPSA) is 86.8 Å². The molecule has 3 rings (SSSR count). The third-order valence-electron chi connectivity index (χ3n) is 6.28. The number of carbonyl (C=O) groups is 2. The molecule has 7 nitrogen and oxygen atoms in total. The van der Waals surface area contributed by atoms with Crippen molar-refractivity contribution in [3.05, 3.63) is 100 Å². The number of hydrogen-bond donors (Lipinski definition) is 1. The van der Waals surface area contributed by atoms with Crippen LogP contribution >= 0.6 is 11.6 Å². The van der Waals surface area contributed by atoms with Crippen molar-refractivity contribution in [2.75, 3.05) is 23.7 Å². The number of nitrogens with zero attached hydrogens (tertiary/aromatic N) is 2. The van der Waals surface area contributed by atoms with Gasteiger partial charge < -0.3 is 10.2 Å². The largest absolute Gasteiger partial charge is 0.355 e. The summed E-state index contributed by atoms with van der Waals surface area (Å²) in [5.41, 5.74) is 3.64. The Bertz CT molecular complexity index is 1360. The van der Waals surface area contributed by atoms with E-state index in [9.17, 15) is 18.0 Å².